The van der Waals surface area contributed by atoms with Gasteiger partial charge in [0, 0.05) is 22.2 Å². The van der Waals surface area contributed by atoms with E-state index in [1.165, 1.54) is 5.56 Å². The van der Waals surface area contributed by atoms with Crippen molar-refractivity contribution in [2.45, 2.75) is 13.3 Å². The van der Waals surface area contributed by atoms with Gasteiger partial charge in [-0.2, -0.15) is 0 Å². The van der Waals surface area contributed by atoms with E-state index in [1.807, 2.05) is 43.3 Å². The van der Waals surface area contributed by atoms with Crippen molar-refractivity contribution in [2.24, 2.45) is 0 Å². The Morgan fingerprint density at radius 2 is 1.81 bits per heavy atom. The fourth-order valence-corrected chi connectivity index (χ4v) is 2.81. The molecule has 0 saturated heterocycles. The standard InChI is InChI=1S/C17H14BrClN2/c1-11-17(14-4-2-3-5-15(14)19)21-16(20-11)10-12-6-8-13(18)9-7-12/h2-9H,10H2,1H3,(H,20,21). The van der Waals surface area contributed by atoms with Crippen LogP contribution in [0, 0.1) is 6.92 Å². The molecule has 4 heteroatoms. The second kappa shape index (κ2) is 6.04. The number of rotatable bonds is 3. The van der Waals surface area contributed by atoms with E-state index in [2.05, 4.69) is 33.0 Å². The van der Waals surface area contributed by atoms with Gasteiger partial charge in [0.05, 0.1) is 10.7 Å². The fraction of sp³-hybridized carbons (Fsp3) is 0.118. The highest BCUT2D eigenvalue weighted by Gasteiger charge is 2.11. The van der Waals surface area contributed by atoms with Gasteiger partial charge in [-0.25, -0.2) is 4.98 Å². The van der Waals surface area contributed by atoms with Gasteiger partial charge in [0.15, 0.2) is 0 Å². The van der Waals surface area contributed by atoms with Crippen LogP contribution in [-0.2, 0) is 6.42 Å². The summed E-state index contributed by atoms with van der Waals surface area (Å²) in [7, 11) is 0. The summed E-state index contributed by atoms with van der Waals surface area (Å²) in [6.45, 7) is 2.02. The van der Waals surface area contributed by atoms with Gasteiger partial charge < -0.3 is 4.98 Å². The van der Waals surface area contributed by atoms with E-state index in [0.717, 1.165) is 38.7 Å². The van der Waals surface area contributed by atoms with Gasteiger partial charge in [-0.3, -0.25) is 0 Å². The number of hydrogen-bond acceptors (Lipinski definition) is 1. The maximum absolute atomic E-state index is 6.26. The van der Waals surface area contributed by atoms with Gasteiger partial charge >= 0.3 is 0 Å². The number of H-pyrrole nitrogens is 1. The summed E-state index contributed by atoms with van der Waals surface area (Å²) < 4.78 is 1.08. The highest BCUT2D eigenvalue weighted by Crippen LogP contribution is 2.28. The Hall–Kier alpha value is -1.58. The molecule has 0 spiro atoms. The summed E-state index contributed by atoms with van der Waals surface area (Å²) in [6, 6.07) is 16.1. The van der Waals surface area contributed by atoms with Gasteiger partial charge in [-0.15, -0.1) is 0 Å². The molecule has 0 unspecified atom stereocenters. The summed E-state index contributed by atoms with van der Waals surface area (Å²) in [4.78, 5) is 8.06. The summed E-state index contributed by atoms with van der Waals surface area (Å²) >= 11 is 9.71. The number of aromatic nitrogens is 2. The predicted octanol–water partition coefficient (Wildman–Crippen LogP) is 5.39. The summed E-state index contributed by atoms with van der Waals surface area (Å²) in [5.41, 5.74) is 4.15. The Morgan fingerprint density at radius 1 is 1.10 bits per heavy atom. The van der Waals surface area contributed by atoms with Crippen molar-refractivity contribution in [2.75, 3.05) is 0 Å². The Bertz CT molecular complexity index is 763. The third-order valence-electron chi connectivity index (χ3n) is 3.35. The minimum absolute atomic E-state index is 0.724. The van der Waals surface area contributed by atoms with Crippen molar-refractivity contribution >= 4 is 27.5 Å². The third kappa shape index (κ3) is 3.20. The van der Waals surface area contributed by atoms with Gasteiger partial charge in [0.25, 0.3) is 0 Å². The van der Waals surface area contributed by atoms with Gasteiger partial charge in [-0.1, -0.05) is 57.9 Å². The van der Waals surface area contributed by atoms with E-state index in [0.29, 0.717) is 0 Å². The van der Waals surface area contributed by atoms with Crippen LogP contribution >= 0.6 is 27.5 Å². The van der Waals surface area contributed by atoms with Crippen LogP contribution in [-0.4, -0.2) is 9.97 Å². The minimum atomic E-state index is 0.724. The van der Waals surface area contributed by atoms with E-state index >= 15 is 0 Å². The van der Waals surface area contributed by atoms with E-state index in [4.69, 9.17) is 16.6 Å². The molecule has 2 nitrogen and oxygen atoms in total. The van der Waals surface area contributed by atoms with E-state index in [1.54, 1.807) is 0 Å². The van der Waals surface area contributed by atoms with Crippen LogP contribution in [0.1, 0.15) is 17.1 Å². The van der Waals surface area contributed by atoms with Crippen molar-refractivity contribution in [1.29, 1.82) is 0 Å². The highest BCUT2D eigenvalue weighted by atomic mass is 79.9. The van der Waals surface area contributed by atoms with Crippen molar-refractivity contribution in [3.05, 3.63) is 75.1 Å². The first-order chi connectivity index (χ1) is 10.1. The number of aryl methyl sites for hydroxylation is 1. The van der Waals surface area contributed by atoms with Crippen LogP contribution in [0.25, 0.3) is 11.3 Å². The number of hydrogen-bond donors (Lipinski definition) is 1. The Kier molecular flexibility index (Phi) is 4.13. The quantitative estimate of drug-likeness (QED) is 0.665. The van der Waals surface area contributed by atoms with Crippen LogP contribution in [0.15, 0.2) is 53.0 Å². The molecule has 0 aliphatic carbocycles. The Morgan fingerprint density at radius 3 is 2.52 bits per heavy atom. The number of aromatic amines is 1. The lowest BCUT2D eigenvalue weighted by molar-refractivity contribution is 1.02. The lowest BCUT2D eigenvalue weighted by Crippen LogP contribution is -1.90. The monoisotopic (exact) mass is 360 g/mol. The number of benzene rings is 2. The third-order valence-corrected chi connectivity index (χ3v) is 4.21. The smallest absolute Gasteiger partial charge is 0.111 e. The first-order valence-corrected chi connectivity index (χ1v) is 7.85. The first-order valence-electron chi connectivity index (χ1n) is 6.68. The lowest BCUT2D eigenvalue weighted by atomic mass is 10.1. The highest BCUT2D eigenvalue weighted by molar-refractivity contribution is 9.10. The van der Waals surface area contributed by atoms with Crippen molar-refractivity contribution in [3.63, 3.8) is 0 Å². The predicted molar refractivity (Wildman–Crippen MR) is 90.7 cm³/mol. The normalized spacial score (nSPS) is 10.8. The van der Waals surface area contributed by atoms with Crippen LogP contribution < -0.4 is 0 Å². The maximum Gasteiger partial charge on any atom is 0.111 e. The number of nitrogens with one attached hydrogen (secondary N) is 1. The molecule has 0 fully saturated rings. The lowest BCUT2D eigenvalue weighted by Gasteiger charge is -2.01. The number of nitrogens with zero attached hydrogens (tertiary/aromatic N) is 1. The van der Waals surface area contributed by atoms with Crippen LogP contribution in [0.3, 0.4) is 0 Å². The SMILES string of the molecule is Cc1[nH]c(Cc2ccc(Br)cc2)nc1-c1ccccc1Cl. The Balaban J connectivity index is 1.91. The number of halogens is 2. The van der Waals surface area contributed by atoms with Crippen LogP contribution in [0.4, 0.5) is 0 Å². The van der Waals surface area contributed by atoms with Crippen molar-refractivity contribution in [1.82, 2.24) is 9.97 Å². The van der Waals surface area contributed by atoms with Crippen LogP contribution in [0.2, 0.25) is 5.02 Å². The summed E-state index contributed by atoms with van der Waals surface area (Å²) in [6.07, 6.45) is 0.776. The first kappa shape index (κ1) is 14.4. The average Bonchev–Trinajstić information content (AvgIpc) is 2.83. The topological polar surface area (TPSA) is 28.7 Å². The molecule has 106 valence electrons. The largest absolute Gasteiger partial charge is 0.345 e. The molecule has 1 aromatic heterocycles. The number of imidazole rings is 1. The molecule has 0 aliphatic heterocycles. The Labute approximate surface area is 137 Å². The molecule has 0 saturated carbocycles. The molecule has 0 bridgehead atoms. The molecule has 3 rings (SSSR count). The van der Waals surface area contributed by atoms with Gasteiger partial charge in [0.1, 0.15) is 5.82 Å². The molecule has 3 aromatic rings. The minimum Gasteiger partial charge on any atom is -0.345 e. The van der Waals surface area contributed by atoms with E-state index in [9.17, 15) is 0 Å². The molecule has 1 heterocycles. The molecular weight excluding hydrogens is 348 g/mol. The average molecular weight is 362 g/mol. The zero-order chi connectivity index (χ0) is 14.8. The molecule has 2 aromatic carbocycles. The van der Waals surface area contributed by atoms with E-state index < -0.39 is 0 Å². The van der Waals surface area contributed by atoms with Gasteiger partial charge in [-0.05, 0) is 30.7 Å². The molecule has 0 radical (unpaired) electrons. The van der Waals surface area contributed by atoms with Crippen LogP contribution in [0.5, 0.6) is 0 Å². The molecular formula is C17H14BrClN2. The molecule has 21 heavy (non-hydrogen) atoms. The summed E-state index contributed by atoms with van der Waals surface area (Å²) in [5, 5.41) is 0.724. The zero-order valence-electron chi connectivity index (χ0n) is 11.5. The molecule has 0 aliphatic rings. The molecule has 1 N–H and O–H groups in total. The second-order valence-electron chi connectivity index (χ2n) is 4.94. The fourth-order valence-electron chi connectivity index (χ4n) is 2.32. The molecule has 0 amide bonds. The maximum atomic E-state index is 6.26. The summed E-state index contributed by atoms with van der Waals surface area (Å²) in [5.74, 6) is 0.949. The van der Waals surface area contributed by atoms with E-state index in [-0.39, 0.29) is 0 Å². The van der Waals surface area contributed by atoms with Crippen molar-refractivity contribution < 1.29 is 0 Å². The zero-order valence-corrected chi connectivity index (χ0v) is 13.9. The second-order valence-corrected chi connectivity index (χ2v) is 6.26. The van der Waals surface area contributed by atoms with Gasteiger partial charge in [0.2, 0.25) is 0 Å². The van der Waals surface area contributed by atoms with Crippen molar-refractivity contribution in [3.8, 4) is 11.3 Å². The molecule has 0 atom stereocenters.